The van der Waals surface area contributed by atoms with E-state index < -0.39 is 17.5 Å². The molecular weight excluding hydrogens is 235 g/mol. The molecule has 1 amide bonds. The average molecular weight is 250 g/mol. The Morgan fingerprint density at radius 3 is 2.78 bits per heavy atom. The first kappa shape index (κ1) is 12.7. The van der Waals surface area contributed by atoms with E-state index in [4.69, 9.17) is 0 Å². The van der Waals surface area contributed by atoms with E-state index in [1.807, 2.05) is 6.92 Å². The van der Waals surface area contributed by atoms with Gasteiger partial charge in [0.15, 0.2) is 0 Å². The van der Waals surface area contributed by atoms with Gasteiger partial charge in [0, 0.05) is 13.1 Å². The van der Waals surface area contributed by atoms with Gasteiger partial charge in [-0.05, 0) is 31.2 Å². The van der Waals surface area contributed by atoms with Crippen LogP contribution in [0.3, 0.4) is 0 Å². The second kappa shape index (κ2) is 5.27. The summed E-state index contributed by atoms with van der Waals surface area (Å²) in [6, 6.07) is 3.80. The van der Waals surface area contributed by atoms with Crippen LogP contribution in [0.5, 0.6) is 0 Å². The van der Waals surface area contributed by atoms with Crippen molar-refractivity contribution in [1.82, 2.24) is 5.32 Å². The molecule has 0 fully saturated rings. The summed E-state index contributed by atoms with van der Waals surface area (Å²) < 4.78 is 13.2. The molecule has 0 saturated heterocycles. The SMILES string of the molecule is CCCNCCN1C(=O)C(=O)c2ccc(F)cc21. The maximum absolute atomic E-state index is 13.2. The van der Waals surface area contributed by atoms with Crippen LogP contribution in [0.1, 0.15) is 23.7 Å². The van der Waals surface area contributed by atoms with Gasteiger partial charge in [-0.15, -0.1) is 0 Å². The predicted octanol–water partition coefficient (Wildman–Crippen LogP) is 1.35. The highest BCUT2D eigenvalue weighted by Gasteiger charge is 2.35. The molecule has 1 N–H and O–H groups in total. The zero-order valence-corrected chi connectivity index (χ0v) is 10.2. The van der Waals surface area contributed by atoms with Crippen LogP contribution in [0, 0.1) is 5.82 Å². The fraction of sp³-hybridized carbons (Fsp3) is 0.385. The third-order valence-corrected chi connectivity index (χ3v) is 2.87. The number of ketones is 1. The molecular formula is C13H15FN2O2. The van der Waals surface area contributed by atoms with Gasteiger partial charge in [-0.1, -0.05) is 6.92 Å². The Kier molecular flexibility index (Phi) is 3.72. The number of hydrogen-bond donors (Lipinski definition) is 1. The zero-order valence-electron chi connectivity index (χ0n) is 10.2. The van der Waals surface area contributed by atoms with Crippen molar-refractivity contribution in [2.45, 2.75) is 13.3 Å². The number of amides is 1. The first-order chi connectivity index (χ1) is 8.65. The van der Waals surface area contributed by atoms with E-state index in [1.165, 1.54) is 23.1 Å². The number of hydrogen-bond acceptors (Lipinski definition) is 3. The molecule has 5 heteroatoms. The summed E-state index contributed by atoms with van der Waals surface area (Å²) in [5.74, 6) is -1.57. The van der Waals surface area contributed by atoms with E-state index in [2.05, 4.69) is 5.32 Å². The van der Waals surface area contributed by atoms with E-state index in [0.29, 0.717) is 18.8 Å². The third-order valence-electron chi connectivity index (χ3n) is 2.87. The van der Waals surface area contributed by atoms with Crippen molar-refractivity contribution < 1.29 is 14.0 Å². The number of halogens is 1. The highest BCUT2D eigenvalue weighted by atomic mass is 19.1. The summed E-state index contributed by atoms with van der Waals surface area (Å²) in [6.45, 7) is 3.86. The maximum atomic E-state index is 13.2. The molecule has 0 saturated carbocycles. The van der Waals surface area contributed by atoms with Gasteiger partial charge in [-0.3, -0.25) is 9.59 Å². The van der Waals surface area contributed by atoms with Crippen LogP contribution in [0.25, 0.3) is 0 Å². The lowest BCUT2D eigenvalue weighted by molar-refractivity contribution is -0.114. The molecule has 96 valence electrons. The van der Waals surface area contributed by atoms with Gasteiger partial charge in [-0.2, -0.15) is 0 Å². The number of Topliss-reactive ketones (excluding diaryl/α,β-unsaturated/α-hetero) is 1. The molecule has 1 aliphatic rings. The quantitative estimate of drug-likeness (QED) is 0.634. The summed E-state index contributed by atoms with van der Waals surface area (Å²) in [5, 5.41) is 3.14. The molecule has 0 radical (unpaired) electrons. The lowest BCUT2D eigenvalue weighted by Crippen LogP contribution is -2.36. The van der Waals surface area contributed by atoms with Crippen LogP contribution in [0.4, 0.5) is 10.1 Å². The number of benzene rings is 1. The van der Waals surface area contributed by atoms with Crippen molar-refractivity contribution in [3.05, 3.63) is 29.6 Å². The summed E-state index contributed by atoms with van der Waals surface area (Å²) in [4.78, 5) is 24.8. The monoisotopic (exact) mass is 250 g/mol. The second-order valence-corrected chi connectivity index (χ2v) is 4.20. The largest absolute Gasteiger partial charge is 0.315 e. The molecule has 18 heavy (non-hydrogen) atoms. The van der Waals surface area contributed by atoms with Crippen molar-refractivity contribution in [2.75, 3.05) is 24.5 Å². The van der Waals surface area contributed by atoms with E-state index in [-0.39, 0.29) is 5.56 Å². The fourth-order valence-electron chi connectivity index (χ4n) is 1.98. The van der Waals surface area contributed by atoms with Crippen molar-refractivity contribution in [1.29, 1.82) is 0 Å². The van der Waals surface area contributed by atoms with Crippen molar-refractivity contribution in [2.24, 2.45) is 0 Å². The molecule has 1 aromatic rings. The number of carbonyl (C=O) groups excluding carboxylic acids is 2. The maximum Gasteiger partial charge on any atom is 0.299 e. The molecule has 0 aromatic heterocycles. The lowest BCUT2D eigenvalue weighted by Gasteiger charge is -2.16. The molecule has 1 aromatic carbocycles. The smallest absolute Gasteiger partial charge is 0.299 e. The topological polar surface area (TPSA) is 49.4 Å². The minimum atomic E-state index is -0.575. The van der Waals surface area contributed by atoms with E-state index in [9.17, 15) is 14.0 Å². The van der Waals surface area contributed by atoms with Gasteiger partial charge in [0.2, 0.25) is 0 Å². The van der Waals surface area contributed by atoms with Crippen LogP contribution in [-0.2, 0) is 4.79 Å². The highest BCUT2D eigenvalue weighted by molar-refractivity contribution is 6.52. The normalized spacial score (nSPS) is 14.2. The molecule has 1 aliphatic heterocycles. The van der Waals surface area contributed by atoms with Gasteiger partial charge < -0.3 is 10.2 Å². The van der Waals surface area contributed by atoms with Gasteiger partial charge in [0.25, 0.3) is 11.7 Å². The molecule has 2 rings (SSSR count). The number of nitrogens with zero attached hydrogens (tertiary/aromatic N) is 1. The number of carbonyl (C=O) groups is 2. The Bertz CT molecular complexity index is 488. The van der Waals surface area contributed by atoms with Gasteiger partial charge >= 0.3 is 0 Å². The molecule has 1 heterocycles. The molecule has 4 nitrogen and oxygen atoms in total. The molecule has 0 bridgehead atoms. The van der Waals surface area contributed by atoms with E-state index in [0.717, 1.165) is 13.0 Å². The molecule has 0 atom stereocenters. The molecule has 0 aliphatic carbocycles. The van der Waals surface area contributed by atoms with Crippen molar-refractivity contribution in [3.8, 4) is 0 Å². The van der Waals surface area contributed by atoms with Gasteiger partial charge in [0.05, 0.1) is 11.3 Å². The number of nitrogens with one attached hydrogen (secondary N) is 1. The summed E-state index contributed by atoms with van der Waals surface area (Å²) in [7, 11) is 0. The lowest BCUT2D eigenvalue weighted by atomic mass is 10.1. The summed E-state index contributed by atoms with van der Waals surface area (Å²) in [6.07, 6.45) is 0.998. The Morgan fingerprint density at radius 1 is 1.28 bits per heavy atom. The van der Waals surface area contributed by atoms with Crippen LogP contribution in [0.15, 0.2) is 18.2 Å². The van der Waals surface area contributed by atoms with Crippen molar-refractivity contribution >= 4 is 17.4 Å². The third kappa shape index (κ3) is 2.26. The Hall–Kier alpha value is -1.75. The van der Waals surface area contributed by atoms with Crippen LogP contribution < -0.4 is 10.2 Å². The average Bonchev–Trinajstić information content (AvgIpc) is 2.59. The Labute approximate surface area is 105 Å². The van der Waals surface area contributed by atoms with E-state index in [1.54, 1.807) is 0 Å². The second-order valence-electron chi connectivity index (χ2n) is 4.20. The van der Waals surface area contributed by atoms with Crippen LogP contribution >= 0.6 is 0 Å². The number of fused-ring (bicyclic) bond motifs is 1. The predicted molar refractivity (Wildman–Crippen MR) is 66.2 cm³/mol. The standard InChI is InChI=1S/C13H15FN2O2/c1-2-5-15-6-7-16-11-8-9(14)3-4-10(11)12(17)13(16)18/h3-4,8,15H,2,5-7H2,1H3. The highest BCUT2D eigenvalue weighted by Crippen LogP contribution is 2.29. The number of anilines is 1. The minimum Gasteiger partial charge on any atom is -0.315 e. The van der Waals surface area contributed by atoms with Gasteiger partial charge in [0.1, 0.15) is 5.82 Å². The first-order valence-corrected chi connectivity index (χ1v) is 6.01. The Balaban J connectivity index is 2.14. The summed E-state index contributed by atoms with van der Waals surface area (Å²) >= 11 is 0. The van der Waals surface area contributed by atoms with Crippen LogP contribution in [0.2, 0.25) is 0 Å². The Morgan fingerprint density at radius 2 is 2.06 bits per heavy atom. The van der Waals surface area contributed by atoms with Crippen molar-refractivity contribution in [3.63, 3.8) is 0 Å². The minimum absolute atomic E-state index is 0.289. The molecule has 0 unspecified atom stereocenters. The zero-order chi connectivity index (χ0) is 13.1. The number of rotatable bonds is 5. The van der Waals surface area contributed by atoms with Gasteiger partial charge in [-0.25, -0.2) is 4.39 Å². The first-order valence-electron chi connectivity index (χ1n) is 6.01. The molecule has 0 spiro atoms. The van der Waals surface area contributed by atoms with E-state index >= 15 is 0 Å². The summed E-state index contributed by atoms with van der Waals surface area (Å²) in [5.41, 5.74) is 0.667. The van der Waals surface area contributed by atoms with Crippen LogP contribution in [-0.4, -0.2) is 31.3 Å². The fourth-order valence-corrected chi connectivity index (χ4v) is 1.98.